The van der Waals surface area contributed by atoms with Gasteiger partial charge in [-0.15, -0.1) is 0 Å². The summed E-state index contributed by atoms with van der Waals surface area (Å²) < 4.78 is 0. The molecule has 102 valence electrons. The first-order chi connectivity index (χ1) is 7.95. The number of carbonyl (C=O) groups excluding carboxylic acids is 1. The van der Waals surface area contributed by atoms with Crippen molar-refractivity contribution in [3.63, 3.8) is 0 Å². The summed E-state index contributed by atoms with van der Waals surface area (Å²) in [5.41, 5.74) is 0. The largest absolute Gasteiger partial charge is 0.354 e. The fraction of sp³-hybridized carbons (Fsp3) is 0.929. The van der Waals surface area contributed by atoms with E-state index >= 15 is 0 Å². The van der Waals surface area contributed by atoms with Gasteiger partial charge in [0.1, 0.15) is 0 Å². The minimum Gasteiger partial charge on any atom is -0.354 e. The predicted octanol–water partition coefficient (Wildman–Crippen LogP) is 2.71. The maximum atomic E-state index is 11.5. The van der Waals surface area contributed by atoms with Gasteiger partial charge in [-0.2, -0.15) is 0 Å². The van der Waals surface area contributed by atoms with Gasteiger partial charge in [0.05, 0.1) is 0 Å². The molecule has 1 amide bonds. The molecular formula is C14H30N2O. The Morgan fingerprint density at radius 3 is 2.24 bits per heavy atom. The topological polar surface area (TPSA) is 41.1 Å². The molecule has 0 saturated carbocycles. The summed E-state index contributed by atoms with van der Waals surface area (Å²) in [6.07, 6.45) is 4.00. The molecule has 0 aromatic rings. The molecule has 3 heteroatoms. The Hall–Kier alpha value is -0.570. The molecule has 2 N–H and O–H groups in total. The van der Waals surface area contributed by atoms with E-state index in [1.54, 1.807) is 0 Å². The Bertz CT molecular complexity index is 204. The lowest BCUT2D eigenvalue weighted by Crippen LogP contribution is -2.35. The first-order valence-electron chi connectivity index (χ1n) is 6.98. The molecule has 2 unspecified atom stereocenters. The number of hydrogen-bond donors (Lipinski definition) is 2. The predicted molar refractivity (Wildman–Crippen MR) is 74.0 cm³/mol. The highest BCUT2D eigenvalue weighted by Gasteiger charge is 2.07. The highest BCUT2D eigenvalue weighted by atomic mass is 16.1. The van der Waals surface area contributed by atoms with Gasteiger partial charge in [0.25, 0.3) is 0 Å². The first kappa shape index (κ1) is 16.4. The van der Waals surface area contributed by atoms with Gasteiger partial charge in [0.2, 0.25) is 5.91 Å². The molecule has 0 aromatic heterocycles. The minimum atomic E-state index is 0.155. The summed E-state index contributed by atoms with van der Waals surface area (Å²) in [6.45, 7) is 11.6. The molecule has 2 atom stereocenters. The van der Waals surface area contributed by atoms with Crippen LogP contribution >= 0.6 is 0 Å². The summed E-state index contributed by atoms with van der Waals surface area (Å²) in [4.78, 5) is 11.5. The zero-order chi connectivity index (χ0) is 13.3. The van der Waals surface area contributed by atoms with Crippen LogP contribution in [0.5, 0.6) is 0 Å². The second-order valence-corrected chi connectivity index (χ2v) is 5.45. The van der Waals surface area contributed by atoms with Crippen LogP contribution in [-0.2, 0) is 4.79 Å². The Balaban J connectivity index is 3.52. The molecule has 0 spiro atoms. The van der Waals surface area contributed by atoms with E-state index < -0.39 is 0 Å². The summed E-state index contributed by atoms with van der Waals surface area (Å²) in [6, 6.07) is 0.801. The van der Waals surface area contributed by atoms with Gasteiger partial charge in [0, 0.05) is 25.0 Å². The van der Waals surface area contributed by atoms with Crippen LogP contribution in [0.2, 0.25) is 0 Å². The third-order valence-electron chi connectivity index (χ3n) is 3.04. The molecular weight excluding hydrogens is 212 g/mol. The maximum absolute atomic E-state index is 11.5. The van der Waals surface area contributed by atoms with E-state index in [0.717, 1.165) is 18.9 Å². The average molecular weight is 242 g/mol. The monoisotopic (exact) mass is 242 g/mol. The Morgan fingerprint density at radius 1 is 1.06 bits per heavy atom. The van der Waals surface area contributed by atoms with Crippen LogP contribution in [0.4, 0.5) is 0 Å². The molecule has 0 radical (unpaired) electrons. The smallest absolute Gasteiger partial charge is 0.221 e. The molecule has 0 aliphatic heterocycles. The average Bonchev–Trinajstić information content (AvgIpc) is 2.26. The van der Waals surface area contributed by atoms with Crippen molar-refractivity contribution >= 4 is 5.91 Å². The van der Waals surface area contributed by atoms with E-state index in [1.807, 2.05) is 6.92 Å². The number of hydrogen-bond acceptors (Lipinski definition) is 2. The van der Waals surface area contributed by atoms with E-state index in [9.17, 15) is 4.79 Å². The van der Waals surface area contributed by atoms with Crippen LogP contribution in [0.15, 0.2) is 0 Å². The molecule has 0 fully saturated rings. The molecule has 0 aromatic carbocycles. The molecule has 0 saturated heterocycles. The third kappa shape index (κ3) is 10.3. The summed E-state index contributed by atoms with van der Waals surface area (Å²) in [7, 11) is 0. The summed E-state index contributed by atoms with van der Waals surface area (Å²) in [5, 5.41) is 6.37. The van der Waals surface area contributed by atoms with Crippen LogP contribution in [0.25, 0.3) is 0 Å². The molecule has 0 aliphatic rings. The highest BCUT2D eigenvalue weighted by Crippen LogP contribution is 2.06. The molecule has 17 heavy (non-hydrogen) atoms. The van der Waals surface area contributed by atoms with Crippen molar-refractivity contribution in [1.82, 2.24) is 10.6 Å². The van der Waals surface area contributed by atoms with Crippen LogP contribution in [0.3, 0.4) is 0 Å². The van der Waals surface area contributed by atoms with Crippen LogP contribution in [0, 0.1) is 5.92 Å². The molecule has 3 nitrogen and oxygen atoms in total. The van der Waals surface area contributed by atoms with Crippen molar-refractivity contribution in [1.29, 1.82) is 0 Å². The molecule has 0 heterocycles. The van der Waals surface area contributed by atoms with Crippen LogP contribution in [-0.4, -0.2) is 24.5 Å². The fourth-order valence-corrected chi connectivity index (χ4v) is 1.57. The van der Waals surface area contributed by atoms with Crippen molar-refractivity contribution in [3.8, 4) is 0 Å². The van der Waals surface area contributed by atoms with E-state index in [2.05, 4.69) is 38.3 Å². The SMILES string of the molecule is CCC(C)NC(=O)CCNC(C)CCC(C)C. The highest BCUT2D eigenvalue weighted by molar-refractivity contribution is 5.76. The van der Waals surface area contributed by atoms with Crippen molar-refractivity contribution in [2.75, 3.05) is 6.54 Å². The lowest BCUT2D eigenvalue weighted by molar-refractivity contribution is -0.121. The molecule has 0 rings (SSSR count). The van der Waals surface area contributed by atoms with Gasteiger partial charge in [0.15, 0.2) is 0 Å². The van der Waals surface area contributed by atoms with E-state index in [1.165, 1.54) is 12.8 Å². The number of carbonyl (C=O) groups is 1. The van der Waals surface area contributed by atoms with E-state index in [-0.39, 0.29) is 5.91 Å². The van der Waals surface area contributed by atoms with Crippen LogP contribution in [0.1, 0.15) is 60.3 Å². The Labute approximate surface area is 107 Å². The zero-order valence-electron chi connectivity index (χ0n) is 12.2. The third-order valence-corrected chi connectivity index (χ3v) is 3.04. The van der Waals surface area contributed by atoms with Gasteiger partial charge in [-0.3, -0.25) is 4.79 Å². The standard InChI is InChI=1S/C14H30N2O/c1-6-12(4)16-14(17)9-10-15-13(5)8-7-11(2)3/h11-13,15H,6-10H2,1-5H3,(H,16,17). The van der Waals surface area contributed by atoms with E-state index in [0.29, 0.717) is 18.5 Å². The fourth-order valence-electron chi connectivity index (χ4n) is 1.57. The van der Waals surface area contributed by atoms with Gasteiger partial charge in [-0.1, -0.05) is 20.8 Å². The molecule has 0 bridgehead atoms. The Kier molecular flexibility index (Phi) is 9.14. The first-order valence-corrected chi connectivity index (χ1v) is 6.98. The van der Waals surface area contributed by atoms with Crippen molar-refractivity contribution < 1.29 is 4.79 Å². The second-order valence-electron chi connectivity index (χ2n) is 5.45. The number of amides is 1. The number of nitrogens with one attached hydrogen (secondary N) is 2. The van der Waals surface area contributed by atoms with Crippen molar-refractivity contribution in [2.45, 2.75) is 72.4 Å². The van der Waals surface area contributed by atoms with Crippen molar-refractivity contribution in [3.05, 3.63) is 0 Å². The van der Waals surface area contributed by atoms with Gasteiger partial charge >= 0.3 is 0 Å². The lowest BCUT2D eigenvalue weighted by Gasteiger charge is -2.15. The summed E-state index contributed by atoms with van der Waals surface area (Å²) in [5.74, 6) is 0.913. The van der Waals surface area contributed by atoms with Gasteiger partial charge in [-0.25, -0.2) is 0 Å². The normalized spacial score (nSPS) is 14.7. The molecule has 0 aliphatic carbocycles. The maximum Gasteiger partial charge on any atom is 0.221 e. The van der Waals surface area contributed by atoms with Crippen molar-refractivity contribution in [2.24, 2.45) is 5.92 Å². The quantitative estimate of drug-likeness (QED) is 0.653. The zero-order valence-corrected chi connectivity index (χ0v) is 12.2. The second kappa shape index (κ2) is 9.46. The minimum absolute atomic E-state index is 0.155. The number of rotatable bonds is 9. The van der Waals surface area contributed by atoms with Crippen LogP contribution < -0.4 is 10.6 Å². The lowest BCUT2D eigenvalue weighted by atomic mass is 10.0. The van der Waals surface area contributed by atoms with Gasteiger partial charge < -0.3 is 10.6 Å². The van der Waals surface area contributed by atoms with E-state index in [4.69, 9.17) is 0 Å². The Morgan fingerprint density at radius 2 is 1.71 bits per heavy atom. The summed E-state index contributed by atoms with van der Waals surface area (Å²) >= 11 is 0. The van der Waals surface area contributed by atoms with Gasteiger partial charge in [-0.05, 0) is 39.0 Å².